The number of anilines is 4. The molecule has 1 saturated heterocycles. The van der Waals surface area contributed by atoms with Gasteiger partial charge in [0, 0.05) is 58.0 Å². The third-order valence-electron chi connectivity index (χ3n) is 5.84. The lowest BCUT2D eigenvalue weighted by atomic mass is 10.1. The molecule has 2 aromatic heterocycles. The molecule has 0 unspecified atom stereocenters. The highest BCUT2D eigenvalue weighted by Gasteiger charge is 2.18. The number of hydrogen-bond acceptors (Lipinski definition) is 9. The third kappa shape index (κ3) is 5.50. The van der Waals surface area contributed by atoms with Gasteiger partial charge in [0.25, 0.3) is 0 Å². The number of ether oxygens (including phenoxy) is 2. The second kappa shape index (κ2) is 10.9. The van der Waals surface area contributed by atoms with Gasteiger partial charge in [0.15, 0.2) is 5.82 Å². The quantitative estimate of drug-likeness (QED) is 0.349. The Labute approximate surface area is 220 Å². The van der Waals surface area contributed by atoms with Gasteiger partial charge in [0.2, 0.25) is 5.95 Å². The summed E-state index contributed by atoms with van der Waals surface area (Å²) in [4.78, 5) is 12.5. The number of hydrogen-bond donors (Lipinski definition) is 2. The Morgan fingerprint density at radius 3 is 2.70 bits per heavy atom. The van der Waals surface area contributed by atoms with Crippen LogP contribution in [0.4, 0.5) is 23.0 Å². The van der Waals surface area contributed by atoms with E-state index in [9.17, 15) is 0 Å². The lowest BCUT2D eigenvalue weighted by molar-refractivity contribution is 0.123. The van der Waals surface area contributed by atoms with Crippen LogP contribution in [0.5, 0.6) is 5.75 Å². The molecule has 10 heteroatoms. The van der Waals surface area contributed by atoms with E-state index in [1.54, 1.807) is 39.5 Å². The Morgan fingerprint density at radius 2 is 1.97 bits per heavy atom. The van der Waals surface area contributed by atoms with E-state index in [1.807, 2.05) is 36.4 Å². The van der Waals surface area contributed by atoms with Crippen LogP contribution in [0.3, 0.4) is 0 Å². The zero-order valence-corrected chi connectivity index (χ0v) is 21.1. The number of rotatable bonds is 8. The van der Waals surface area contributed by atoms with Crippen LogP contribution in [0.2, 0.25) is 0 Å². The summed E-state index contributed by atoms with van der Waals surface area (Å²) < 4.78 is 38.8. The molecule has 4 aromatic rings. The van der Waals surface area contributed by atoms with Gasteiger partial charge in [-0.3, -0.25) is 0 Å². The van der Waals surface area contributed by atoms with Gasteiger partial charge in [-0.2, -0.15) is 10.1 Å². The van der Waals surface area contributed by atoms with Crippen LogP contribution in [-0.2, 0) is 11.2 Å². The normalized spacial score (nSPS) is 15.2. The molecule has 0 amide bonds. The minimum Gasteiger partial charge on any atom is -0.494 e. The fraction of sp³-hybridized carbons (Fsp3) is 0.296. The average molecular weight is 504 g/mol. The molecular formula is C27H32N8O2. The SMILES string of the molecule is [2H]c1c(C([2H])([2H])N(C)C)c(-c2ccccc2)nn1-c1ccnc(Nc2cc(N)c(N3CCOCC3)cc2OC)n1. The van der Waals surface area contributed by atoms with Crippen molar-refractivity contribution in [2.24, 2.45) is 0 Å². The molecule has 0 atom stereocenters. The second-order valence-corrected chi connectivity index (χ2v) is 8.69. The van der Waals surface area contributed by atoms with E-state index in [0.717, 1.165) is 18.8 Å². The Morgan fingerprint density at radius 1 is 1.19 bits per heavy atom. The summed E-state index contributed by atoms with van der Waals surface area (Å²) in [6.45, 7) is 0.795. The molecule has 3 heterocycles. The van der Waals surface area contributed by atoms with Crippen LogP contribution in [0, 0.1) is 0 Å². The molecular weight excluding hydrogens is 468 g/mol. The first-order valence-electron chi connectivity index (χ1n) is 13.4. The van der Waals surface area contributed by atoms with E-state index in [-0.39, 0.29) is 17.7 Å². The Kier molecular flexibility index (Phi) is 6.15. The molecule has 3 N–H and O–H groups in total. The molecule has 1 aliphatic rings. The highest BCUT2D eigenvalue weighted by molar-refractivity contribution is 5.79. The van der Waals surface area contributed by atoms with Crippen molar-refractivity contribution in [2.75, 3.05) is 63.5 Å². The van der Waals surface area contributed by atoms with Gasteiger partial charge in [0.05, 0.1) is 44.5 Å². The average Bonchev–Trinajstić information content (AvgIpc) is 3.32. The van der Waals surface area contributed by atoms with E-state index in [1.165, 1.54) is 9.58 Å². The maximum absolute atomic E-state index is 8.91. The van der Waals surface area contributed by atoms with Crippen molar-refractivity contribution in [3.05, 3.63) is 66.5 Å². The minimum atomic E-state index is -1.96. The van der Waals surface area contributed by atoms with Crippen LogP contribution >= 0.6 is 0 Å². The van der Waals surface area contributed by atoms with Gasteiger partial charge in [-0.15, -0.1) is 0 Å². The molecule has 5 rings (SSSR count). The van der Waals surface area contributed by atoms with Crippen molar-refractivity contribution in [1.82, 2.24) is 24.6 Å². The number of nitrogens with one attached hydrogen (secondary N) is 1. The van der Waals surface area contributed by atoms with E-state index < -0.39 is 6.50 Å². The van der Waals surface area contributed by atoms with Crippen LogP contribution < -0.4 is 20.7 Å². The predicted molar refractivity (Wildman–Crippen MR) is 146 cm³/mol. The number of nitrogens with two attached hydrogens (primary N) is 1. The van der Waals surface area contributed by atoms with Crippen molar-refractivity contribution in [3.8, 4) is 22.8 Å². The number of benzene rings is 2. The summed E-state index contributed by atoms with van der Waals surface area (Å²) >= 11 is 0. The first-order chi connectivity index (χ1) is 19.2. The number of morpholine rings is 1. The summed E-state index contributed by atoms with van der Waals surface area (Å²) in [5.41, 5.74) is 9.64. The maximum atomic E-state index is 8.91. The summed E-state index contributed by atoms with van der Waals surface area (Å²) in [5.74, 6) is 1.11. The first-order valence-corrected chi connectivity index (χ1v) is 11.9. The van der Waals surface area contributed by atoms with Gasteiger partial charge in [0.1, 0.15) is 5.75 Å². The fourth-order valence-electron chi connectivity index (χ4n) is 4.12. The number of aromatic nitrogens is 4. The molecule has 37 heavy (non-hydrogen) atoms. The number of nitrogen functional groups attached to an aromatic ring is 1. The first kappa shape index (κ1) is 21.0. The third-order valence-corrected chi connectivity index (χ3v) is 5.84. The van der Waals surface area contributed by atoms with Crippen molar-refractivity contribution >= 4 is 23.0 Å². The van der Waals surface area contributed by atoms with Crippen molar-refractivity contribution in [3.63, 3.8) is 0 Å². The Balaban J connectivity index is 1.52. The fourth-order valence-corrected chi connectivity index (χ4v) is 4.12. The maximum Gasteiger partial charge on any atom is 0.229 e. The minimum absolute atomic E-state index is 0.112. The monoisotopic (exact) mass is 503 g/mol. The molecule has 1 aliphatic heterocycles. The highest BCUT2D eigenvalue weighted by Crippen LogP contribution is 2.37. The van der Waals surface area contributed by atoms with Gasteiger partial charge < -0.3 is 30.3 Å². The molecule has 10 nitrogen and oxygen atoms in total. The lowest BCUT2D eigenvalue weighted by Gasteiger charge is -2.30. The zero-order valence-electron chi connectivity index (χ0n) is 24.1. The molecule has 0 bridgehead atoms. The van der Waals surface area contributed by atoms with E-state index in [4.69, 9.17) is 19.3 Å². The summed E-state index contributed by atoms with van der Waals surface area (Å²) in [7, 11) is 4.84. The van der Waals surface area contributed by atoms with Crippen molar-refractivity contribution in [2.45, 2.75) is 6.50 Å². The van der Waals surface area contributed by atoms with Crippen LogP contribution in [-0.4, -0.2) is 72.2 Å². The lowest BCUT2D eigenvalue weighted by Crippen LogP contribution is -2.36. The topological polar surface area (TPSA) is 107 Å². The highest BCUT2D eigenvalue weighted by atomic mass is 16.5. The molecule has 192 valence electrons. The molecule has 1 fully saturated rings. The van der Waals surface area contributed by atoms with Gasteiger partial charge in [-0.1, -0.05) is 30.3 Å². The van der Waals surface area contributed by atoms with E-state index in [0.29, 0.717) is 47.4 Å². The largest absolute Gasteiger partial charge is 0.494 e. The van der Waals surface area contributed by atoms with Crippen LogP contribution in [0.15, 0.2) is 60.9 Å². The molecule has 0 spiro atoms. The summed E-state index contributed by atoms with van der Waals surface area (Å²) in [5, 5.41) is 7.81. The molecule has 0 saturated carbocycles. The van der Waals surface area contributed by atoms with Crippen molar-refractivity contribution in [1.29, 1.82) is 0 Å². The van der Waals surface area contributed by atoms with Gasteiger partial charge >= 0.3 is 0 Å². The number of nitrogens with zero attached hydrogens (tertiary/aromatic N) is 6. The van der Waals surface area contributed by atoms with Crippen LogP contribution in [0.1, 0.15) is 9.68 Å². The van der Waals surface area contributed by atoms with Crippen LogP contribution in [0.25, 0.3) is 17.1 Å². The van der Waals surface area contributed by atoms with E-state index >= 15 is 0 Å². The second-order valence-electron chi connectivity index (χ2n) is 8.69. The summed E-state index contributed by atoms with van der Waals surface area (Å²) in [6.07, 6.45) is 1.44. The summed E-state index contributed by atoms with van der Waals surface area (Å²) in [6, 6.07) is 14.5. The molecule has 0 radical (unpaired) electrons. The Hall–Kier alpha value is -4.15. The number of methoxy groups -OCH3 is 1. The smallest absolute Gasteiger partial charge is 0.229 e. The molecule has 0 aliphatic carbocycles. The van der Waals surface area contributed by atoms with Gasteiger partial charge in [-0.25, -0.2) is 9.67 Å². The van der Waals surface area contributed by atoms with Gasteiger partial charge in [-0.05, 0) is 20.2 Å². The predicted octanol–water partition coefficient (Wildman–Crippen LogP) is 3.56. The standard InChI is InChI=1S/C27H32N8O2/c1-33(2)17-20-18-35(32-26(20)19-7-5-4-6-8-19)25-9-10-29-27(31-25)30-22-15-21(28)23(16-24(22)36-3)34-11-13-37-14-12-34/h4-10,15-16,18H,11-14,17,28H2,1-3H3,(H,29,30,31)/i17D2,18D. The molecule has 2 aromatic carbocycles. The zero-order chi connectivity index (χ0) is 28.4. The van der Waals surface area contributed by atoms with E-state index in [2.05, 4.69) is 25.3 Å². The Bertz CT molecular complexity index is 1490. The van der Waals surface area contributed by atoms with Crippen molar-refractivity contribution < 1.29 is 13.6 Å².